The van der Waals surface area contributed by atoms with Gasteiger partial charge in [0.15, 0.2) is 0 Å². The minimum Gasteiger partial charge on any atom is -0.390 e. The fraction of sp³-hybridized carbons (Fsp3) is 0.684. The van der Waals surface area contributed by atoms with E-state index in [0.717, 1.165) is 32.5 Å². The Bertz CT molecular complexity index is 478. The van der Waals surface area contributed by atoms with Crippen LogP contribution in [0, 0.1) is 13.8 Å². The summed E-state index contributed by atoms with van der Waals surface area (Å²) in [4.78, 5) is 2.48. The smallest absolute Gasteiger partial charge is 0.0644 e. The van der Waals surface area contributed by atoms with Gasteiger partial charge in [-0.05, 0) is 61.3 Å². The van der Waals surface area contributed by atoms with E-state index >= 15 is 0 Å². The van der Waals surface area contributed by atoms with Crippen molar-refractivity contribution in [1.82, 2.24) is 4.90 Å². The van der Waals surface area contributed by atoms with Gasteiger partial charge in [0, 0.05) is 19.6 Å². The lowest BCUT2D eigenvalue weighted by molar-refractivity contribution is -0.00736. The third-order valence-electron chi connectivity index (χ3n) is 4.88. The molecule has 21 heavy (non-hydrogen) atoms. The van der Waals surface area contributed by atoms with Crippen LogP contribution in [0.5, 0.6) is 0 Å². The Morgan fingerprint density at radius 2 is 1.57 bits per heavy atom. The molecule has 0 aliphatic carbocycles. The summed E-state index contributed by atoms with van der Waals surface area (Å²) in [6, 6.07) is 4.70. The summed E-state index contributed by atoms with van der Waals surface area (Å²) in [5.41, 5.74) is 5.43. The predicted octanol–water partition coefficient (Wildman–Crippen LogP) is 3.95. The molecule has 1 fully saturated rings. The zero-order valence-electron chi connectivity index (χ0n) is 14.6. The van der Waals surface area contributed by atoms with Crippen LogP contribution < -0.4 is 0 Å². The molecule has 1 aliphatic rings. The number of piperidine rings is 1. The SMILES string of the molecule is Cc1cc(C(C)(C)C)cc(C)c1CN1CCC(C)(O)CC1. The van der Waals surface area contributed by atoms with E-state index < -0.39 is 5.60 Å². The maximum atomic E-state index is 10.1. The second-order valence-corrected chi connectivity index (χ2v) is 8.11. The minimum absolute atomic E-state index is 0.206. The summed E-state index contributed by atoms with van der Waals surface area (Å²) in [5.74, 6) is 0. The quantitative estimate of drug-likeness (QED) is 0.891. The maximum absolute atomic E-state index is 10.1. The van der Waals surface area contributed by atoms with Crippen LogP contribution in [0.4, 0.5) is 0 Å². The van der Waals surface area contributed by atoms with Gasteiger partial charge in [-0.1, -0.05) is 32.9 Å². The topological polar surface area (TPSA) is 23.5 Å². The molecule has 1 saturated heterocycles. The zero-order valence-corrected chi connectivity index (χ0v) is 14.6. The van der Waals surface area contributed by atoms with Crippen LogP contribution in [-0.2, 0) is 12.0 Å². The lowest BCUT2D eigenvalue weighted by atomic mass is 9.83. The summed E-state index contributed by atoms with van der Waals surface area (Å²) >= 11 is 0. The molecule has 2 heteroatoms. The van der Waals surface area contributed by atoms with E-state index in [-0.39, 0.29) is 5.41 Å². The first-order valence-corrected chi connectivity index (χ1v) is 8.14. The Labute approximate surface area is 130 Å². The number of hydrogen-bond donors (Lipinski definition) is 1. The molecular formula is C19H31NO. The molecule has 1 aromatic rings. The number of likely N-dealkylation sites (tertiary alicyclic amines) is 1. The standard InChI is InChI=1S/C19H31NO/c1-14-11-16(18(3,4)5)12-15(2)17(14)13-20-9-7-19(6,21)8-10-20/h11-12,21H,7-10,13H2,1-6H3. The van der Waals surface area contributed by atoms with E-state index in [9.17, 15) is 5.11 Å². The van der Waals surface area contributed by atoms with Crippen molar-refractivity contribution in [2.24, 2.45) is 0 Å². The van der Waals surface area contributed by atoms with Gasteiger partial charge in [0.05, 0.1) is 5.60 Å². The number of rotatable bonds is 2. The maximum Gasteiger partial charge on any atom is 0.0644 e. The van der Waals surface area contributed by atoms with Gasteiger partial charge < -0.3 is 5.11 Å². The molecule has 0 atom stereocenters. The predicted molar refractivity (Wildman–Crippen MR) is 89.8 cm³/mol. The normalized spacial score (nSPS) is 19.8. The van der Waals surface area contributed by atoms with Crippen LogP contribution in [0.15, 0.2) is 12.1 Å². The Morgan fingerprint density at radius 1 is 1.10 bits per heavy atom. The minimum atomic E-state index is -0.462. The van der Waals surface area contributed by atoms with Crippen molar-refractivity contribution in [2.45, 2.75) is 71.9 Å². The lowest BCUT2D eigenvalue weighted by Crippen LogP contribution is -2.42. The van der Waals surface area contributed by atoms with Gasteiger partial charge in [-0.3, -0.25) is 4.90 Å². The summed E-state index contributed by atoms with van der Waals surface area (Å²) in [7, 11) is 0. The molecule has 1 N–H and O–H groups in total. The summed E-state index contributed by atoms with van der Waals surface area (Å²) in [6.07, 6.45) is 1.76. The molecule has 2 nitrogen and oxygen atoms in total. The van der Waals surface area contributed by atoms with Crippen LogP contribution in [0.3, 0.4) is 0 Å². The van der Waals surface area contributed by atoms with Gasteiger partial charge in [-0.2, -0.15) is 0 Å². The van der Waals surface area contributed by atoms with Gasteiger partial charge in [-0.25, -0.2) is 0 Å². The molecule has 0 saturated carbocycles. The lowest BCUT2D eigenvalue weighted by Gasteiger charge is -2.36. The van der Waals surface area contributed by atoms with E-state index in [1.54, 1.807) is 0 Å². The van der Waals surface area contributed by atoms with Crippen molar-refractivity contribution in [3.05, 3.63) is 34.4 Å². The molecule has 0 amide bonds. The molecule has 1 aromatic carbocycles. The highest BCUT2D eigenvalue weighted by molar-refractivity contribution is 5.40. The fourth-order valence-electron chi connectivity index (χ4n) is 3.09. The van der Waals surface area contributed by atoms with Crippen molar-refractivity contribution in [1.29, 1.82) is 0 Å². The van der Waals surface area contributed by atoms with E-state index in [0.29, 0.717) is 0 Å². The van der Waals surface area contributed by atoms with Gasteiger partial charge in [0.2, 0.25) is 0 Å². The Balaban J connectivity index is 2.15. The highest BCUT2D eigenvalue weighted by atomic mass is 16.3. The molecule has 0 unspecified atom stereocenters. The number of aryl methyl sites for hydroxylation is 2. The Kier molecular flexibility index (Phi) is 4.51. The van der Waals surface area contributed by atoms with Crippen molar-refractivity contribution in [3.8, 4) is 0 Å². The van der Waals surface area contributed by atoms with E-state index in [4.69, 9.17) is 0 Å². The van der Waals surface area contributed by atoms with Gasteiger partial charge in [-0.15, -0.1) is 0 Å². The third kappa shape index (κ3) is 4.08. The van der Waals surface area contributed by atoms with Gasteiger partial charge in [0.1, 0.15) is 0 Å². The van der Waals surface area contributed by atoms with Crippen LogP contribution in [0.1, 0.15) is 62.8 Å². The largest absolute Gasteiger partial charge is 0.390 e. The molecule has 0 radical (unpaired) electrons. The van der Waals surface area contributed by atoms with Crippen LogP contribution >= 0.6 is 0 Å². The van der Waals surface area contributed by atoms with Gasteiger partial charge >= 0.3 is 0 Å². The first-order valence-electron chi connectivity index (χ1n) is 8.14. The number of hydrogen-bond acceptors (Lipinski definition) is 2. The van der Waals surface area contributed by atoms with Crippen molar-refractivity contribution >= 4 is 0 Å². The second-order valence-electron chi connectivity index (χ2n) is 8.11. The Hall–Kier alpha value is -0.860. The van der Waals surface area contributed by atoms with E-state index in [1.165, 1.54) is 22.3 Å². The zero-order chi connectivity index (χ0) is 15.8. The van der Waals surface area contributed by atoms with Crippen LogP contribution in [0.2, 0.25) is 0 Å². The molecule has 118 valence electrons. The summed E-state index contributed by atoms with van der Waals surface area (Å²) in [5, 5.41) is 10.1. The van der Waals surface area contributed by atoms with E-state index in [1.807, 2.05) is 6.92 Å². The number of benzene rings is 1. The molecular weight excluding hydrogens is 258 g/mol. The first-order chi connectivity index (χ1) is 9.58. The van der Waals surface area contributed by atoms with Crippen LogP contribution in [0.25, 0.3) is 0 Å². The van der Waals surface area contributed by atoms with Crippen molar-refractivity contribution in [2.75, 3.05) is 13.1 Å². The third-order valence-corrected chi connectivity index (χ3v) is 4.88. The highest BCUT2D eigenvalue weighted by Crippen LogP contribution is 2.29. The molecule has 0 spiro atoms. The molecule has 1 heterocycles. The first kappa shape index (κ1) is 16.5. The van der Waals surface area contributed by atoms with Crippen molar-refractivity contribution in [3.63, 3.8) is 0 Å². The Morgan fingerprint density at radius 3 is 2.00 bits per heavy atom. The fourth-order valence-corrected chi connectivity index (χ4v) is 3.09. The molecule has 1 aliphatic heterocycles. The average molecular weight is 289 g/mol. The van der Waals surface area contributed by atoms with Crippen LogP contribution in [-0.4, -0.2) is 28.7 Å². The molecule has 0 aromatic heterocycles. The highest BCUT2D eigenvalue weighted by Gasteiger charge is 2.27. The van der Waals surface area contributed by atoms with E-state index in [2.05, 4.69) is 51.7 Å². The number of nitrogens with zero attached hydrogens (tertiary/aromatic N) is 1. The number of aliphatic hydroxyl groups is 1. The molecule has 2 rings (SSSR count). The summed E-state index contributed by atoms with van der Waals surface area (Å²) in [6.45, 7) is 16.2. The summed E-state index contributed by atoms with van der Waals surface area (Å²) < 4.78 is 0. The monoisotopic (exact) mass is 289 g/mol. The second kappa shape index (κ2) is 5.73. The average Bonchev–Trinajstić information content (AvgIpc) is 2.34. The van der Waals surface area contributed by atoms with Crippen molar-refractivity contribution < 1.29 is 5.11 Å². The molecule has 0 bridgehead atoms. The van der Waals surface area contributed by atoms with Gasteiger partial charge in [0.25, 0.3) is 0 Å².